The standard InChI is InChI=1S/C18H24N4O2/c1-23-18(7-4-8-18)13-19-16-17(22-9-11-24-12-10-22)21-15-6-3-2-5-14(15)20-16/h2-3,5-6H,4,7-13H2,1H3,(H,19,20). The normalized spacial score (nSPS) is 20.0. The highest BCUT2D eigenvalue weighted by molar-refractivity contribution is 5.80. The monoisotopic (exact) mass is 328 g/mol. The Hall–Kier alpha value is -1.92. The summed E-state index contributed by atoms with van der Waals surface area (Å²) in [6.07, 6.45) is 3.43. The first kappa shape index (κ1) is 15.6. The highest BCUT2D eigenvalue weighted by atomic mass is 16.5. The molecule has 1 aromatic carbocycles. The maximum atomic E-state index is 5.72. The predicted octanol–water partition coefficient (Wildman–Crippen LogP) is 2.45. The van der Waals surface area contributed by atoms with Crippen LogP contribution in [0, 0.1) is 0 Å². The molecule has 0 unspecified atom stereocenters. The molecule has 2 fully saturated rings. The van der Waals surface area contributed by atoms with E-state index in [0.717, 1.165) is 68.4 Å². The summed E-state index contributed by atoms with van der Waals surface area (Å²) in [6, 6.07) is 8.02. The molecule has 0 spiro atoms. The molecular weight excluding hydrogens is 304 g/mol. The van der Waals surface area contributed by atoms with Crippen LogP contribution in [0.1, 0.15) is 19.3 Å². The molecule has 2 aromatic rings. The van der Waals surface area contributed by atoms with Gasteiger partial charge in [0.1, 0.15) is 0 Å². The minimum atomic E-state index is -0.0460. The molecule has 2 heterocycles. The van der Waals surface area contributed by atoms with E-state index in [0.29, 0.717) is 0 Å². The molecule has 0 bridgehead atoms. The van der Waals surface area contributed by atoms with Crippen LogP contribution in [-0.4, -0.2) is 55.5 Å². The lowest BCUT2D eigenvalue weighted by atomic mass is 9.80. The van der Waals surface area contributed by atoms with E-state index in [9.17, 15) is 0 Å². The van der Waals surface area contributed by atoms with Gasteiger partial charge >= 0.3 is 0 Å². The number of nitrogens with zero attached hydrogens (tertiary/aromatic N) is 3. The fourth-order valence-electron chi connectivity index (χ4n) is 3.37. The third-order valence-electron chi connectivity index (χ3n) is 5.14. The molecule has 1 saturated carbocycles. The fourth-order valence-corrected chi connectivity index (χ4v) is 3.37. The first-order chi connectivity index (χ1) is 11.8. The van der Waals surface area contributed by atoms with Crippen LogP contribution in [0.3, 0.4) is 0 Å². The summed E-state index contributed by atoms with van der Waals surface area (Å²) in [5, 5.41) is 3.52. The summed E-state index contributed by atoms with van der Waals surface area (Å²) < 4.78 is 11.2. The molecule has 1 saturated heterocycles. The van der Waals surface area contributed by atoms with Crippen molar-refractivity contribution in [2.75, 3.05) is 50.2 Å². The first-order valence-corrected chi connectivity index (χ1v) is 8.68. The second-order valence-corrected chi connectivity index (χ2v) is 6.58. The van der Waals surface area contributed by atoms with Gasteiger partial charge in [-0.2, -0.15) is 0 Å². The third-order valence-corrected chi connectivity index (χ3v) is 5.14. The number of aromatic nitrogens is 2. The highest BCUT2D eigenvalue weighted by Gasteiger charge is 2.37. The van der Waals surface area contributed by atoms with E-state index in [1.54, 1.807) is 7.11 Å². The number of benzene rings is 1. The number of fused-ring (bicyclic) bond motifs is 1. The number of para-hydroxylation sites is 2. The molecule has 4 rings (SSSR count). The molecule has 1 aliphatic carbocycles. The van der Waals surface area contributed by atoms with E-state index in [1.807, 2.05) is 24.3 Å². The van der Waals surface area contributed by atoms with Gasteiger partial charge in [-0.15, -0.1) is 0 Å². The van der Waals surface area contributed by atoms with Crippen LogP contribution in [0.2, 0.25) is 0 Å². The quantitative estimate of drug-likeness (QED) is 0.910. The van der Waals surface area contributed by atoms with Gasteiger partial charge in [0.25, 0.3) is 0 Å². The van der Waals surface area contributed by atoms with Gasteiger partial charge in [0, 0.05) is 26.7 Å². The van der Waals surface area contributed by atoms with Crippen molar-refractivity contribution in [2.24, 2.45) is 0 Å². The maximum Gasteiger partial charge on any atom is 0.172 e. The molecule has 6 nitrogen and oxygen atoms in total. The largest absolute Gasteiger partial charge is 0.378 e. The summed E-state index contributed by atoms with van der Waals surface area (Å²) in [5.41, 5.74) is 1.79. The Morgan fingerprint density at radius 3 is 2.50 bits per heavy atom. The Kier molecular flexibility index (Phi) is 4.24. The number of ether oxygens (including phenoxy) is 2. The van der Waals surface area contributed by atoms with Gasteiger partial charge in [-0.25, -0.2) is 9.97 Å². The number of hydrogen-bond donors (Lipinski definition) is 1. The molecule has 0 atom stereocenters. The topological polar surface area (TPSA) is 59.5 Å². The second kappa shape index (κ2) is 6.53. The molecule has 0 amide bonds. The average Bonchev–Trinajstić information content (AvgIpc) is 2.61. The minimum Gasteiger partial charge on any atom is -0.378 e. The van der Waals surface area contributed by atoms with Crippen LogP contribution in [-0.2, 0) is 9.47 Å². The first-order valence-electron chi connectivity index (χ1n) is 8.68. The highest BCUT2D eigenvalue weighted by Crippen LogP contribution is 2.36. The van der Waals surface area contributed by atoms with Crippen molar-refractivity contribution in [3.05, 3.63) is 24.3 Å². The zero-order valence-electron chi connectivity index (χ0n) is 14.1. The molecule has 1 aromatic heterocycles. The van der Waals surface area contributed by atoms with Crippen molar-refractivity contribution in [3.63, 3.8) is 0 Å². The van der Waals surface area contributed by atoms with E-state index in [-0.39, 0.29) is 5.60 Å². The van der Waals surface area contributed by atoms with Crippen LogP contribution >= 0.6 is 0 Å². The van der Waals surface area contributed by atoms with Crippen LogP contribution in [0.4, 0.5) is 11.6 Å². The van der Waals surface area contributed by atoms with Crippen molar-refractivity contribution < 1.29 is 9.47 Å². The van der Waals surface area contributed by atoms with Gasteiger partial charge in [0.05, 0.1) is 29.8 Å². The molecule has 1 aliphatic heterocycles. The Balaban J connectivity index is 1.65. The van der Waals surface area contributed by atoms with Crippen LogP contribution in [0.25, 0.3) is 11.0 Å². The van der Waals surface area contributed by atoms with Crippen molar-refractivity contribution >= 4 is 22.7 Å². The molecule has 24 heavy (non-hydrogen) atoms. The van der Waals surface area contributed by atoms with E-state index in [2.05, 4.69) is 10.2 Å². The zero-order valence-corrected chi connectivity index (χ0v) is 14.1. The van der Waals surface area contributed by atoms with Crippen LogP contribution in [0.15, 0.2) is 24.3 Å². The Bertz CT molecular complexity index is 706. The van der Waals surface area contributed by atoms with E-state index in [4.69, 9.17) is 19.4 Å². The van der Waals surface area contributed by atoms with E-state index >= 15 is 0 Å². The number of nitrogens with one attached hydrogen (secondary N) is 1. The van der Waals surface area contributed by atoms with Crippen molar-refractivity contribution in [1.82, 2.24) is 9.97 Å². The summed E-state index contributed by atoms with van der Waals surface area (Å²) in [4.78, 5) is 12.0. The number of methoxy groups -OCH3 is 1. The number of rotatable bonds is 5. The molecule has 6 heteroatoms. The summed E-state index contributed by atoms with van der Waals surface area (Å²) in [6.45, 7) is 3.92. The van der Waals surface area contributed by atoms with Crippen molar-refractivity contribution in [2.45, 2.75) is 24.9 Å². The number of hydrogen-bond acceptors (Lipinski definition) is 6. The number of anilines is 2. The summed E-state index contributed by atoms with van der Waals surface area (Å²) in [7, 11) is 1.80. The minimum absolute atomic E-state index is 0.0460. The van der Waals surface area contributed by atoms with Gasteiger partial charge in [-0.1, -0.05) is 12.1 Å². The third kappa shape index (κ3) is 2.91. The van der Waals surface area contributed by atoms with Crippen molar-refractivity contribution in [1.29, 1.82) is 0 Å². The molecule has 2 aliphatic rings. The number of morpholine rings is 1. The smallest absolute Gasteiger partial charge is 0.172 e. The average molecular weight is 328 g/mol. The molecule has 0 radical (unpaired) electrons. The van der Waals surface area contributed by atoms with Gasteiger partial charge in [0.15, 0.2) is 11.6 Å². The Morgan fingerprint density at radius 2 is 1.88 bits per heavy atom. The Morgan fingerprint density at radius 1 is 1.17 bits per heavy atom. The van der Waals surface area contributed by atoms with Crippen LogP contribution in [0.5, 0.6) is 0 Å². The van der Waals surface area contributed by atoms with Gasteiger partial charge in [-0.3, -0.25) is 0 Å². The zero-order chi connectivity index (χ0) is 16.4. The lowest BCUT2D eigenvalue weighted by Crippen LogP contribution is -2.46. The maximum absolute atomic E-state index is 5.72. The summed E-state index contributed by atoms with van der Waals surface area (Å²) >= 11 is 0. The molecule has 128 valence electrons. The van der Waals surface area contributed by atoms with Crippen molar-refractivity contribution in [3.8, 4) is 0 Å². The van der Waals surface area contributed by atoms with E-state index in [1.165, 1.54) is 6.42 Å². The lowest BCUT2D eigenvalue weighted by molar-refractivity contribution is -0.0601. The second-order valence-electron chi connectivity index (χ2n) is 6.58. The van der Waals surface area contributed by atoms with Gasteiger partial charge < -0.3 is 19.7 Å². The van der Waals surface area contributed by atoms with E-state index < -0.39 is 0 Å². The van der Waals surface area contributed by atoms with Crippen LogP contribution < -0.4 is 10.2 Å². The molecular formula is C18H24N4O2. The Labute approximate surface area is 142 Å². The summed E-state index contributed by atoms with van der Waals surface area (Å²) in [5.74, 6) is 1.77. The fraction of sp³-hybridized carbons (Fsp3) is 0.556. The van der Waals surface area contributed by atoms with Gasteiger partial charge in [-0.05, 0) is 31.4 Å². The molecule has 1 N–H and O–H groups in total. The van der Waals surface area contributed by atoms with Gasteiger partial charge in [0.2, 0.25) is 0 Å². The predicted molar refractivity (Wildman–Crippen MR) is 94.7 cm³/mol. The lowest BCUT2D eigenvalue weighted by Gasteiger charge is -2.41. The SMILES string of the molecule is COC1(CNc2nc3ccccc3nc2N2CCOCC2)CCC1.